The minimum atomic E-state index is -0.0386. The van der Waals surface area contributed by atoms with Crippen molar-refractivity contribution in [1.29, 1.82) is 0 Å². The van der Waals surface area contributed by atoms with E-state index in [0.717, 1.165) is 33.3 Å². The molecule has 0 aromatic heterocycles. The summed E-state index contributed by atoms with van der Waals surface area (Å²) in [5.41, 5.74) is 3.11. The van der Waals surface area contributed by atoms with Crippen LogP contribution in [0.5, 0.6) is 11.5 Å². The van der Waals surface area contributed by atoms with Gasteiger partial charge in [0.05, 0.1) is 18.8 Å². The Balaban J connectivity index is 1.94. The van der Waals surface area contributed by atoms with Gasteiger partial charge in [0.25, 0.3) is 0 Å². The monoisotopic (exact) mass is 303 g/mol. The van der Waals surface area contributed by atoms with Crippen molar-refractivity contribution in [3.8, 4) is 11.5 Å². The summed E-state index contributed by atoms with van der Waals surface area (Å²) >= 11 is 6.11. The number of aryl methyl sites for hydroxylation is 1. The second kappa shape index (κ2) is 5.49. The maximum Gasteiger partial charge on any atom is 0.146 e. The van der Waals surface area contributed by atoms with Crippen molar-refractivity contribution in [3.05, 3.63) is 52.5 Å². The van der Waals surface area contributed by atoms with Crippen molar-refractivity contribution >= 4 is 17.3 Å². The van der Waals surface area contributed by atoms with E-state index in [4.69, 9.17) is 21.1 Å². The average Bonchev–Trinajstić information content (AvgIpc) is 2.46. The Labute approximate surface area is 129 Å². The van der Waals surface area contributed by atoms with Crippen molar-refractivity contribution in [2.75, 3.05) is 12.4 Å². The number of benzene rings is 2. The van der Waals surface area contributed by atoms with Crippen LogP contribution in [-0.2, 0) is 0 Å². The first-order valence-corrected chi connectivity index (χ1v) is 7.33. The van der Waals surface area contributed by atoms with Crippen LogP contribution in [0.15, 0.2) is 36.4 Å². The predicted octanol–water partition coefficient (Wildman–Crippen LogP) is 4.59. The van der Waals surface area contributed by atoms with E-state index in [1.165, 1.54) is 0 Å². The summed E-state index contributed by atoms with van der Waals surface area (Å²) < 4.78 is 11.4. The highest BCUT2D eigenvalue weighted by Gasteiger charge is 2.28. The molecule has 0 bridgehead atoms. The smallest absolute Gasteiger partial charge is 0.146 e. The number of fused-ring (bicyclic) bond motifs is 1. The van der Waals surface area contributed by atoms with Crippen LogP contribution in [0.1, 0.15) is 24.2 Å². The Morgan fingerprint density at radius 1 is 1.19 bits per heavy atom. The molecule has 0 amide bonds. The van der Waals surface area contributed by atoms with Crippen molar-refractivity contribution in [2.24, 2.45) is 0 Å². The first-order valence-electron chi connectivity index (χ1n) is 6.96. The summed E-state index contributed by atoms with van der Waals surface area (Å²) in [4.78, 5) is 0. The molecule has 21 heavy (non-hydrogen) atoms. The van der Waals surface area contributed by atoms with Crippen LogP contribution in [0.3, 0.4) is 0 Å². The van der Waals surface area contributed by atoms with Gasteiger partial charge >= 0.3 is 0 Å². The number of halogens is 1. The molecule has 0 aliphatic carbocycles. The Morgan fingerprint density at radius 2 is 1.90 bits per heavy atom. The van der Waals surface area contributed by atoms with Gasteiger partial charge in [-0.05, 0) is 49.2 Å². The van der Waals surface area contributed by atoms with E-state index in [-0.39, 0.29) is 12.1 Å². The van der Waals surface area contributed by atoms with Gasteiger partial charge in [-0.3, -0.25) is 0 Å². The zero-order valence-corrected chi connectivity index (χ0v) is 13.1. The zero-order chi connectivity index (χ0) is 15.0. The van der Waals surface area contributed by atoms with Gasteiger partial charge in [0.1, 0.15) is 17.6 Å². The molecule has 110 valence electrons. The number of hydrogen-bond donors (Lipinski definition) is 1. The fourth-order valence-corrected chi connectivity index (χ4v) is 2.97. The topological polar surface area (TPSA) is 30.5 Å². The van der Waals surface area contributed by atoms with Crippen LogP contribution < -0.4 is 14.8 Å². The molecule has 0 fully saturated rings. The van der Waals surface area contributed by atoms with E-state index in [1.54, 1.807) is 7.11 Å². The molecule has 0 saturated carbocycles. The number of rotatable bonds is 2. The quantitative estimate of drug-likeness (QED) is 0.880. The second-order valence-corrected chi connectivity index (χ2v) is 5.78. The molecule has 4 heteroatoms. The molecule has 2 atom stereocenters. The largest absolute Gasteiger partial charge is 0.497 e. The van der Waals surface area contributed by atoms with Crippen molar-refractivity contribution in [2.45, 2.75) is 26.0 Å². The first-order chi connectivity index (χ1) is 10.1. The van der Waals surface area contributed by atoms with E-state index in [9.17, 15) is 0 Å². The van der Waals surface area contributed by atoms with Gasteiger partial charge in [-0.15, -0.1) is 0 Å². The van der Waals surface area contributed by atoms with E-state index >= 15 is 0 Å². The van der Waals surface area contributed by atoms with Gasteiger partial charge in [-0.2, -0.15) is 0 Å². The Morgan fingerprint density at radius 3 is 2.57 bits per heavy atom. The molecule has 1 heterocycles. The van der Waals surface area contributed by atoms with Crippen LogP contribution in [-0.4, -0.2) is 13.2 Å². The maximum atomic E-state index is 6.23. The lowest BCUT2D eigenvalue weighted by molar-refractivity contribution is 0.176. The third kappa shape index (κ3) is 2.66. The Kier molecular flexibility index (Phi) is 3.68. The number of ether oxygens (including phenoxy) is 2. The highest BCUT2D eigenvalue weighted by Crippen LogP contribution is 2.41. The summed E-state index contributed by atoms with van der Waals surface area (Å²) in [5.74, 6) is 1.72. The van der Waals surface area contributed by atoms with Crippen LogP contribution in [0.2, 0.25) is 5.02 Å². The van der Waals surface area contributed by atoms with Gasteiger partial charge in [0, 0.05) is 5.02 Å². The minimum Gasteiger partial charge on any atom is -0.497 e. The normalized spacial score (nSPS) is 20.2. The zero-order valence-electron chi connectivity index (χ0n) is 12.3. The maximum absolute atomic E-state index is 6.23. The number of anilines is 1. The van der Waals surface area contributed by atoms with Crippen molar-refractivity contribution in [3.63, 3.8) is 0 Å². The lowest BCUT2D eigenvalue weighted by Gasteiger charge is -2.34. The Hall–Kier alpha value is -1.87. The molecule has 3 nitrogen and oxygen atoms in total. The molecule has 0 spiro atoms. The molecule has 3 rings (SSSR count). The lowest BCUT2D eigenvalue weighted by Crippen LogP contribution is -2.32. The molecule has 2 aromatic carbocycles. The Bertz CT molecular complexity index is 655. The molecule has 0 radical (unpaired) electrons. The predicted molar refractivity (Wildman–Crippen MR) is 85.6 cm³/mol. The molecule has 1 aliphatic rings. The molecule has 0 saturated heterocycles. The number of hydrogen-bond acceptors (Lipinski definition) is 3. The van der Waals surface area contributed by atoms with Crippen molar-refractivity contribution < 1.29 is 9.47 Å². The second-order valence-electron chi connectivity index (χ2n) is 5.34. The van der Waals surface area contributed by atoms with Gasteiger partial charge in [-0.1, -0.05) is 23.7 Å². The van der Waals surface area contributed by atoms with Crippen LogP contribution in [0.25, 0.3) is 0 Å². The van der Waals surface area contributed by atoms with E-state index < -0.39 is 0 Å². The summed E-state index contributed by atoms with van der Waals surface area (Å²) in [7, 11) is 1.67. The SMILES string of the molecule is COc1ccc(C2Oc3c(C)cc(Cl)cc3NC2C)cc1. The third-order valence-corrected chi connectivity index (χ3v) is 3.98. The fourth-order valence-electron chi connectivity index (χ4n) is 2.69. The molecule has 1 aliphatic heterocycles. The highest BCUT2D eigenvalue weighted by molar-refractivity contribution is 6.31. The third-order valence-electron chi connectivity index (χ3n) is 3.77. The molecule has 2 unspecified atom stereocenters. The summed E-state index contributed by atoms with van der Waals surface area (Å²) in [6, 6.07) is 12.0. The van der Waals surface area contributed by atoms with Gasteiger partial charge in [0.15, 0.2) is 0 Å². The molecule has 1 N–H and O–H groups in total. The summed E-state index contributed by atoms with van der Waals surface area (Å²) in [6.45, 7) is 4.11. The highest BCUT2D eigenvalue weighted by atomic mass is 35.5. The average molecular weight is 304 g/mol. The van der Waals surface area contributed by atoms with E-state index in [0.29, 0.717) is 0 Å². The van der Waals surface area contributed by atoms with Crippen molar-refractivity contribution in [1.82, 2.24) is 0 Å². The molecular weight excluding hydrogens is 286 g/mol. The van der Waals surface area contributed by atoms with Gasteiger partial charge < -0.3 is 14.8 Å². The minimum absolute atomic E-state index is 0.0386. The summed E-state index contributed by atoms with van der Waals surface area (Å²) in [5, 5.41) is 4.20. The number of nitrogens with one attached hydrogen (secondary N) is 1. The van der Waals surface area contributed by atoms with Crippen LogP contribution >= 0.6 is 11.6 Å². The molecule has 2 aromatic rings. The first kappa shape index (κ1) is 14.1. The van der Waals surface area contributed by atoms with Gasteiger partial charge in [0.2, 0.25) is 0 Å². The molecular formula is C17H18ClNO2. The van der Waals surface area contributed by atoms with Crippen LogP contribution in [0.4, 0.5) is 5.69 Å². The number of methoxy groups -OCH3 is 1. The standard InChI is InChI=1S/C17H18ClNO2/c1-10-8-13(18)9-15-16(10)21-17(11(2)19-15)12-4-6-14(20-3)7-5-12/h4-9,11,17,19H,1-3H3. The van der Waals surface area contributed by atoms with Crippen LogP contribution in [0, 0.1) is 6.92 Å². The van der Waals surface area contributed by atoms with E-state index in [1.807, 2.05) is 43.3 Å². The van der Waals surface area contributed by atoms with Gasteiger partial charge in [-0.25, -0.2) is 0 Å². The van der Waals surface area contributed by atoms with E-state index in [2.05, 4.69) is 12.2 Å². The lowest BCUT2D eigenvalue weighted by atomic mass is 10.00. The fraction of sp³-hybridized carbons (Fsp3) is 0.294. The summed E-state index contributed by atoms with van der Waals surface area (Å²) in [6.07, 6.45) is -0.0386.